The minimum atomic E-state index is -3.21. The second-order valence-electron chi connectivity index (χ2n) is 5.58. The summed E-state index contributed by atoms with van der Waals surface area (Å²) in [6, 6.07) is 8.07. The summed E-state index contributed by atoms with van der Waals surface area (Å²) >= 11 is 0. The molecule has 1 aliphatic heterocycles. The van der Waals surface area contributed by atoms with Crippen molar-refractivity contribution in [1.82, 2.24) is 4.90 Å². The lowest BCUT2D eigenvalue weighted by atomic mass is 9.82. The summed E-state index contributed by atoms with van der Waals surface area (Å²) in [4.78, 5) is 18.1. The van der Waals surface area contributed by atoms with E-state index in [1.54, 1.807) is 0 Å². The number of benzene rings is 2. The number of nitrogens with two attached hydrogens (primary N) is 1. The van der Waals surface area contributed by atoms with Crippen LogP contribution in [0.4, 0.5) is 17.6 Å². The predicted molar refractivity (Wildman–Crippen MR) is 84.6 cm³/mol. The Kier molecular flexibility index (Phi) is 4.31. The van der Waals surface area contributed by atoms with Gasteiger partial charge in [0.2, 0.25) is 0 Å². The third-order valence-electron chi connectivity index (χ3n) is 4.05. The first-order chi connectivity index (χ1) is 12.3. The average Bonchev–Trinajstić information content (AvgIpc) is 2.81. The number of guanidine groups is 1. The fourth-order valence-electron chi connectivity index (χ4n) is 2.82. The molecule has 0 radical (unpaired) electrons. The van der Waals surface area contributed by atoms with E-state index in [4.69, 9.17) is 5.73 Å². The lowest BCUT2D eigenvalue weighted by Crippen LogP contribution is -2.41. The number of hydrogen-bond acceptors (Lipinski definition) is 4. The summed E-state index contributed by atoms with van der Waals surface area (Å²) < 4.78 is 56.7. The molecule has 1 heterocycles. The van der Waals surface area contributed by atoms with Crippen molar-refractivity contribution in [2.45, 2.75) is 12.2 Å². The molecule has 0 saturated carbocycles. The Balaban J connectivity index is 2.21. The molecular weight excluding hydrogens is 354 g/mol. The van der Waals surface area contributed by atoms with Gasteiger partial charge in [-0.25, -0.2) is 13.8 Å². The van der Waals surface area contributed by atoms with E-state index in [1.807, 2.05) is 0 Å². The molecule has 2 aromatic rings. The maximum atomic E-state index is 14.2. The lowest BCUT2D eigenvalue weighted by Gasteiger charge is -2.26. The minimum absolute atomic E-state index is 0.000448. The van der Waals surface area contributed by atoms with E-state index in [1.165, 1.54) is 31.3 Å². The summed E-state index contributed by atoms with van der Waals surface area (Å²) in [6.07, 6.45) is 0. The van der Waals surface area contributed by atoms with Crippen molar-refractivity contribution >= 4 is 11.9 Å². The third kappa shape index (κ3) is 2.75. The summed E-state index contributed by atoms with van der Waals surface area (Å²) in [6.45, 7) is -3.21. The lowest BCUT2D eigenvalue weighted by molar-refractivity contribution is -0.129. The van der Waals surface area contributed by atoms with Gasteiger partial charge in [-0.1, -0.05) is 18.2 Å². The molecule has 1 atom stereocenters. The molecule has 5 nitrogen and oxygen atoms in total. The molecule has 0 aliphatic carbocycles. The molecule has 0 spiro atoms. The number of rotatable bonds is 4. The number of aliphatic imine (C=N–C) groups is 1. The molecule has 0 aromatic heterocycles. The zero-order chi connectivity index (χ0) is 19.1. The van der Waals surface area contributed by atoms with Gasteiger partial charge in [0.1, 0.15) is 5.82 Å². The van der Waals surface area contributed by atoms with Crippen LogP contribution in [0.25, 0.3) is 0 Å². The van der Waals surface area contributed by atoms with Crippen LogP contribution >= 0.6 is 0 Å². The van der Waals surface area contributed by atoms with Gasteiger partial charge in [0.05, 0.1) is 0 Å². The van der Waals surface area contributed by atoms with Crippen LogP contribution in [0.5, 0.6) is 5.75 Å². The number of hydrogen-bond donors (Lipinski definition) is 1. The molecular formula is C17H13F4N3O2. The Labute approximate surface area is 145 Å². The number of ether oxygens (including phenoxy) is 1. The Morgan fingerprint density at radius 3 is 2.38 bits per heavy atom. The molecule has 1 aliphatic rings. The molecule has 2 N–H and O–H groups in total. The van der Waals surface area contributed by atoms with Crippen molar-refractivity contribution in [3.8, 4) is 5.75 Å². The number of alkyl halides is 2. The van der Waals surface area contributed by atoms with Gasteiger partial charge < -0.3 is 10.5 Å². The molecule has 1 unspecified atom stereocenters. The van der Waals surface area contributed by atoms with Crippen molar-refractivity contribution < 1.29 is 27.1 Å². The molecule has 26 heavy (non-hydrogen) atoms. The van der Waals surface area contributed by atoms with E-state index >= 15 is 0 Å². The van der Waals surface area contributed by atoms with E-state index < -0.39 is 35.4 Å². The summed E-state index contributed by atoms with van der Waals surface area (Å²) in [5, 5.41) is 0. The monoisotopic (exact) mass is 367 g/mol. The molecule has 136 valence electrons. The normalized spacial score (nSPS) is 19.8. The van der Waals surface area contributed by atoms with E-state index in [2.05, 4.69) is 9.73 Å². The van der Waals surface area contributed by atoms with Crippen molar-refractivity contribution in [3.05, 3.63) is 65.2 Å². The van der Waals surface area contributed by atoms with Gasteiger partial charge in [0, 0.05) is 7.05 Å². The highest BCUT2D eigenvalue weighted by Gasteiger charge is 2.50. The second-order valence-corrected chi connectivity index (χ2v) is 5.58. The molecule has 9 heteroatoms. The van der Waals surface area contributed by atoms with Crippen LogP contribution in [0.15, 0.2) is 47.5 Å². The smallest absolute Gasteiger partial charge is 0.387 e. The van der Waals surface area contributed by atoms with Crippen LogP contribution in [0.1, 0.15) is 11.1 Å². The highest BCUT2D eigenvalue weighted by Crippen LogP contribution is 2.40. The van der Waals surface area contributed by atoms with Crippen LogP contribution in [0.2, 0.25) is 0 Å². The minimum Gasteiger partial charge on any atom is -0.432 e. The van der Waals surface area contributed by atoms with Crippen LogP contribution in [-0.2, 0) is 10.3 Å². The Morgan fingerprint density at radius 2 is 1.85 bits per heavy atom. The standard InChI is InChI=1S/C17H13F4N3O2/c1-24-14(25)17(23-16(24)22,9-3-2-4-11(18)7-9)10-5-6-13(12(19)8-10)26-15(20)21/h2-8,15H,1H3,(H2,22,23). The Bertz CT molecular complexity index is 903. The highest BCUT2D eigenvalue weighted by molar-refractivity contribution is 6.08. The van der Waals surface area contributed by atoms with E-state index in [9.17, 15) is 22.4 Å². The van der Waals surface area contributed by atoms with Crippen molar-refractivity contribution in [2.75, 3.05) is 7.05 Å². The van der Waals surface area contributed by atoms with E-state index in [0.717, 1.165) is 23.1 Å². The topological polar surface area (TPSA) is 67.9 Å². The molecule has 3 rings (SSSR count). The van der Waals surface area contributed by atoms with Crippen LogP contribution in [0.3, 0.4) is 0 Å². The summed E-state index contributed by atoms with van der Waals surface area (Å²) in [5.74, 6) is -3.21. The zero-order valence-corrected chi connectivity index (χ0v) is 13.4. The van der Waals surface area contributed by atoms with Gasteiger partial charge in [-0.15, -0.1) is 0 Å². The SMILES string of the molecule is CN1C(=O)C(c2cccc(F)c2)(c2ccc(OC(F)F)c(F)c2)N=C1N. The molecule has 2 aromatic carbocycles. The maximum Gasteiger partial charge on any atom is 0.387 e. The van der Waals surface area contributed by atoms with Crippen molar-refractivity contribution in [3.63, 3.8) is 0 Å². The molecule has 0 fully saturated rings. The number of nitrogens with zero attached hydrogens (tertiary/aromatic N) is 2. The Hall–Kier alpha value is -3.10. The summed E-state index contributed by atoms with van der Waals surface area (Å²) in [7, 11) is 1.37. The first kappa shape index (κ1) is 17.7. The largest absolute Gasteiger partial charge is 0.432 e. The van der Waals surface area contributed by atoms with Gasteiger partial charge in [0.15, 0.2) is 23.1 Å². The number of halogens is 4. The molecule has 0 saturated heterocycles. The van der Waals surface area contributed by atoms with Crippen LogP contribution < -0.4 is 10.5 Å². The number of carbonyl (C=O) groups is 1. The Morgan fingerprint density at radius 1 is 1.15 bits per heavy atom. The molecule has 1 amide bonds. The zero-order valence-electron chi connectivity index (χ0n) is 13.4. The van der Waals surface area contributed by atoms with E-state index in [0.29, 0.717) is 0 Å². The first-order valence-electron chi connectivity index (χ1n) is 7.40. The average molecular weight is 367 g/mol. The van der Waals surface area contributed by atoms with Gasteiger partial charge in [-0.05, 0) is 35.4 Å². The van der Waals surface area contributed by atoms with Gasteiger partial charge >= 0.3 is 6.61 Å². The number of likely N-dealkylation sites (N-methyl/N-ethyl adjacent to an activating group) is 1. The fourth-order valence-corrected chi connectivity index (χ4v) is 2.82. The number of carbonyl (C=O) groups excluding carboxylic acids is 1. The second kappa shape index (κ2) is 6.32. The quantitative estimate of drug-likeness (QED) is 0.845. The molecule has 0 bridgehead atoms. The van der Waals surface area contributed by atoms with Crippen LogP contribution in [-0.4, -0.2) is 30.4 Å². The first-order valence-corrected chi connectivity index (χ1v) is 7.40. The van der Waals surface area contributed by atoms with Gasteiger partial charge in [-0.3, -0.25) is 9.69 Å². The highest BCUT2D eigenvalue weighted by atomic mass is 19.3. The predicted octanol–water partition coefficient (Wildman–Crippen LogP) is 2.60. The van der Waals surface area contributed by atoms with Crippen molar-refractivity contribution in [1.29, 1.82) is 0 Å². The maximum absolute atomic E-state index is 14.2. The van der Waals surface area contributed by atoms with Gasteiger partial charge in [-0.2, -0.15) is 8.78 Å². The van der Waals surface area contributed by atoms with Gasteiger partial charge in [0.25, 0.3) is 5.91 Å². The van der Waals surface area contributed by atoms with Crippen LogP contribution in [0, 0.1) is 11.6 Å². The number of amides is 1. The van der Waals surface area contributed by atoms with E-state index in [-0.39, 0.29) is 17.1 Å². The van der Waals surface area contributed by atoms with Crippen molar-refractivity contribution in [2.24, 2.45) is 10.7 Å². The fraction of sp³-hybridized carbons (Fsp3) is 0.176. The summed E-state index contributed by atoms with van der Waals surface area (Å²) in [5.41, 5.74) is 4.03. The third-order valence-corrected chi connectivity index (χ3v) is 4.05.